The second-order valence-corrected chi connectivity index (χ2v) is 4.80. The highest BCUT2D eigenvalue weighted by atomic mass is 19.1. The average Bonchev–Trinajstić information content (AvgIpc) is 3.17. The molecule has 1 aliphatic carbocycles. The van der Waals surface area contributed by atoms with E-state index >= 15 is 0 Å². The van der Waals surface area contributed by atoms with Gasteiger partial charge in [0.2, 0.25) is 0 Å². The monoisotopic (exact) mass is 236 g/mol. The minimum atomic E-state index is -0.194. The van der Waals surface area contributed by atoms with Crippen molar-refractivity contribution in [3.8, 4) is 0 Å². The van der Waals surface area contributed by atoms with Crippen molar-refractivity contribution >= 4 is 5.82 Å². The van der Waals surface area contributed by atoms with Crippen LogP contribution in [0.5, 0.6) is 0 Å². The third-order valence-corrected chi connectivity index (χ3v) is 3.35. The number of nitrogens with zero attached hydrogens (tertiary/aromatic N) is 3. The Morgan fingerprint density at radius 2 is 1.94 bits per heavy atom. The normalized spacial score (nSPS) is 20.7. The molecule has 0 unspecified atom stereocenters. The highest BCUT2D eigenvalue weighted by Gasteiger charge is 2.31. The Morgan fingerprint density at radius 1 is 1.24 bits per heavy atom. The van der Waals surface area contributed by atoms with Crippen molar-refractivity contribution in [3.05, 3.63) is 17.3 Å². The fourth-order valence-corrected chi connectivity index (χ4v) is 2.28. The van der Waals surface area contributed by atoms with Crippen LogP contribution in [0.25, 0.3) is 0 Å². The molecule has 1 aromatic rings. The van der Waals surface area contributed by atoms with Crippen molar-refractivity contribution in [1.82, 2.24) is 15.3 Å². The van der Waals surface area contributed by atoms with Gasteiger partial charge < -0.3 is 10.2 Å². The highest BCUT2D eigenvalue weighted by Crippen LogP contribution is 2.41. The summed E-state index contributed by atoms with van der Waals surface area (Å²) < 4.78 is 14.3. The lowest BCUT2D eigenvalue weighted by molar-refractivity contribution is 0.545. The number of aryl methyl sites for hydroxylation is 1. The van der Waals surface area contributed by atoms with E-state index in [1.165, 1.54) is 0 Å². The first-order chi connectivity index (χ1) is 8.25. The number of piperazine rings is 1. The van der Waals surface area contributed by atoms with Crippen molar-refractivity contribution in [2.75, 3.05) is 31.1 Å². The van der Waals surface area contributed by atoms with Crippen LogP contribution in [0.3, 0.4) is 0 Å². The van der Waals surface area contributed by atoms with Crippen LogP contribution in [0.4, 0.5) is 10.2 Å². The number of nitrogens with one attached hydrogen (secondary N) is 1. The zero-order valence-electron chi connectivity index (χ0n) is 10.0. The number of anilines is 1. The molecule has 0 amide bonds. The quantitative estimate of drug-likeness (QED) is 0.838. The van der Waals surface area contributed by atoms with Gasteiger partial charge >= 0.3 is 0 Å². The van der Waals surface area contributed by atoms with Crippen molar-refractivity contribution < 1.29 is 4.39 Å². The number of hydrogen-bond donors (Lipinski definition) is 1. The summed E-state index contributed by atoms with van der Waals surface area (Å²) in [5.41, 5.74) is 0.631. The molecule has 0 radical (unpaired) electrons. The molecule has 5 heteroatoms. The number of aromatic nitrogens is 2. The van der Waals surface area contributed by atoms with Gasteiger partial charge in [0.1, 0.15) is 5.82 Å². The van der Waals surface area contributed by atoms with E-state index in [0.29, 0.717) is 23.3 Å². The summed E-state index contributed by atoms with van der Waals surface area (Å²) in [5, 5.41) is 3.26. The second-order valence-electron chi connectivity index (χ2n) is 4.80. The summed E-state index contributed by atoms with van der Waals surface area (Å²) in [7, 11) is 0. The molecule has 1 aromatic heterocycles. The van der Waals surface area contributed by atoms with E-state index < -0.39 is 0 Å². The first kappa shape index (κ1) is 10.9. The predicted octanol–water partition coefficient (Wildman–Crippen LogP) is 1.21. The Kier molecular flexibility index (Phi) is 2.70. The molecule has 0 atom stereocenters. The molecule has 2 fully saturated rings. The van der Waals surface area contributed by atoms with Gasteiger partial charge in [-0.3, -0.25) is 0 Å². The lowest BCUT2D eigenvalue weighted by atomic mass is 10.2. The molecule has 0 bridgehead atoms. The van der Waals surface area contributed by atoms with E-state index in [1.54, 1.807) is 0 Å². The van der Waals surface area contributed by atoms with Crippen molar-refractivity contribution in [2.24, 2.45) is 0 Å². The number of hydrogen-bond acceptors (Lipinski definition) is 4. The molecule has 0 aromatic carbocycles. The van der Waals surface area contributed by atoms with Crippen LogP contribution in [0.15, 0.2) is 0 Å². The molecule has 3 rings (SSSR count). The molecule has 1 N–H and O–H groups in total. The molecule has 4 nitrogen and oxygen atoms in total. The number of halogens is 1. The Hall–Kier alpha value is -1.23. The van der Waals surface area contributed by atoms with E-state index in [1.807, 2.05) is 11.8 Å². The summed E-state index contributed by atoms with van der Waals surface area (Å²) in [6, 6.07) is 0. The summed E-state index contributed by atoms with van der Waals surface area (Å²) in [5.74, 6) is 1.32. The van der Waals surface area contributed by atoms with Gasteiger partial charge in [-0.2, -0.15) is 0 Å². The second kappa shape index (κ2) is 4.22. The van der Waals surface area contributed by atoms with Crippen LogP contribution in [0, 0.1) is 12.7 Å². The van der Waals surface area contributed by atoms with Crippen LogP contribution in [-0.2, 0) is 0 Å². The first-order valence-corrected chi connectivity index (χ1v) is 6.25. The van der Waals surface area contributed by atoms with Gasteiger partial charge in [0.15, 0.2) is 11.6 Å². The van der Waals surface area contributed by atoms with Gasteiger partial charge in [-0.15, -0.1) is 0 Å². The summed E-state index contributed by atoms with van der Waals surface area (Å²) in [6.07, 6.45) is 2.13. The van der Waals surface area contributed by atoms with Gasteiger partial charge in [0.25, 0.3) is 0 Å². The largest absolute Gasteiger partial charge is 0.352 e. The minimum absolute atomic E-state index is 0.194. The maximum Gasteiger partial charge on any atom is 0.187 e. The molecular weight excluding hydrogens is 219 g/mol. The molecule has 0 spiro atoms. The molecule has 92 valence electrons. The van der Waals surface area contributed by atoms with Crippen LogP contribution in [0.2, 0.25) is 0 Å². The Balaban J connectivity index is 1.96. The standard InChI is InChI=1S/C12H17FN4/c1-8-15-11(9-2-3-9)10(13)12(16-8)17-6-4-14-5-7-17/h9,14H,2-7H2,1H3. The van der Waals surface area contributed by atoms with Crippen molar-refractivity contribution in [3.63, 3.8) is 0 Å². The fraction of sp³-hybridized carbons (Fsp3) is 0.667. The number of rotatable bonds is 2. The van der Waals surface area contributed by atoms with E-state index in [9.17, 15) is 4.39 Å². The minimum Gasteiger partial charge on any atom is -0.352 e. The van der Waals surface area contributed by atoms with Crippen molar-refractivity contribution in [2.45, 2.75) is 25.7 Å². The Morgan fingerprint density at radius 3 is 2.59 bits per heavy atom. The SMILES string of the molecule is Cc1nc(C2CC2)c(F)c(N2CCNCC2)n1. The maximum absolute atomic E-state index is 14.3. The molecule has 1 aliphatic heterocycles. The molecule has 2 heterocycles. The Bertz CT molecular complexity index is 425. The van der Waals surface area contributed by atoms with Gasteiger partial charge in [-0.1, -0.05) is 0 Å². The molecule has 17 heavy (non-hydrogen) atoms. The summed E-state index contributed by atoms with van der Waals surface area (Å²) in [6.45, 7) is 5.26. The van der Waals surface area contributed by atoms with Crippen molar-refractivity contribution in [1.29, 1.82) is 0 Å². The fourth-order valence-electron chi connectivity index (χ4n) is 2.28. The van der Waals surface area contributed by atoms with Crippen LogP contribution >= 0.6 is 0 Å². The van der Waals surface area contributed by atoms with Gasteiger partial charge in [-0.25, -0.2) is 14.4 Å². The highest BCUT2D eigenvalue weighted by molar-refractivity contribution is 5.44. The zero-order valence-corrected chi connectivity index (χ0v) is 10.0. The van der Waals surface area contributed by atoms with E-state index in [4.69, 9.17) is 0 Å². The molecule has 1 saturated carbocycles. The van der Waals surface area contributed by atoms with Gasteiger partial charge in [0, 0.05) is 32.1 Å². The summed E-state index contributed by atoms with van der Waals surface area (Å²) >= 11 is 0. The maximum atomic E-state index is 14.3. The molecule has 1 saturated heterocycles. The first-order valence-electron chi connectivity index (χ1n) is 6.25. The van der Waals surface area contributed by atoms with Gasteiger partial charge in [-0.05, 0) is 19.8 Å². The van der Waals surface area contributed by atoms with E-state index in [0.717, 1.165) is 39.0 Å². The smallest absolute Gasteiger partial charge is 0.187 e. The van der Waals surface area contributed by atoms with Crippen LogP contribution < -0.4 is 10.2 Å². The van der Waals surface area contributed by atoms with E-state index in [-0.39, 0.29) is 5.82 Å². The van der Waals surface area contributed by atoms with Gasteiger partial charge in [0.05, 0.1) is 5.69 Å². The zero-order chi connectivity index (χ0) is 11.8. The Labute approximate surface area is 100 Å². The topological polar surface area (TPSA) is 41.1 Å². The summed E-state index contributed by atoms with van der Waals surface area (Å²) in [4.78, 5) is 10.6. The predicted molar refractivity (Wildman–Crippen MR) is 63.8 cm³/mol. The van der Waals surface area contributed by atoms with Crippen LogP contribution in [-0.4, -0.2) is 36.1 Å². The third kappa shape index (κ3) is 2.11. The van der Waals surface area contributed by atoms with Crippen LogP contribution in [0.1, 0.15) is 30.3 Å². The van der Waals surface area contributed by atoms with E-state index in [2.05, 4.69) is 15.3 Å². The lowest BCUT2D eigenvalue weighted by Crippen LogP contribution is -2.44. The lowest BCUT2D eigenvalue weighted by Gasteiger charge is -2.29. The molecule has 2 aliphatic rings. The molecular formula is C12H17FN4. The third-order valence-electron chi connectivity index (χ3n) is 3.35. The average molecular weight is 236 g/mol.